The van der Waals surface area contributed by atoms with E-state index in [2.05, 4.69) is 5.32 Å². The van der Waals surface area contributed by atoms with Gasteiger partial charge in [-0.25, -0.2) is 13.6 Å². The Labute approximate surface area is 118 Å². The van der Waals surface area contributed by atoms with Crippen molar-refractivity contribution in [1.82, 2.24) is 5.32 Å². The highest BCUT2D eigenvalue weighted by molar-refractivity contribution is 7.88. The van der Waals surface area contributed by atoms with Crippen molar-refractivity contribution in [3.8, 4) is 0 Å². The molecule has 0 aromatic heterocycles. The molecular weight excluding hydrogens is 278 g/mol. The molecule has 6 nitrogen and oxygen atoms in total. The number of benzene rings is 1. The number of hydrogen-bond acceptors (Lipinski definition) is 4. The average molecular weight is 297 g/mol. The van der Waals surface area contributed by atoms with Crippen molar-refractivity contribution in [3.63, 3.8) is 0 Å². The monoisotopic (exact) mass is 297 g/mol. The second-order valence-electron chi connectivity index (χ2n) is 5.22. The molecule has 0 heterocycles. The third kappa shape index (κ3) is 4.59. The summed E-state index contributed by atoms with van der Waals surface area (Å²) in [5.74, 6) is 0.0947. The largest absolute Gasteiger partial charge is 0.350 e. The zero-order valence-electron chi connectivity index (χ0n) is 11.1. The summed E-state index contributed by atoms with van der Waals surface area (Å²) in [6, 6.07) is 6.35. The van der Waals surface area contributed by atoms with Crippen molar-refractivity contribution < 1.29 is 13.2 Å². The molecule has 7 heteroatoms. The predicted molar refractivity (Wildman–Crippen MR) is 76.3 cm³/mol. The van der Waals surface area contributed by atoms with Gasteiger partial charge in [-0.2, -0.15) is 0 Å². The van der Waals surface area contributed by atoms with Gasteiger partial charge in [-0.05, 0) is 36.5 Å². The van der Waals surface area contributed by atoms with Crippen molar-refractivity contribution in [2.45, 2.75) is 24.6 Å². The van der Waals surface area contributed by atoms with E-state index in [1.807, 2.05) is 0 Å². The Morgan fingerprint density at radius 2 is 1.90 bits per heavy atom. The molecule has 0 saturated heterocycles. The SMILES string of the molecule is NC(CNC(=O)c1ccc(CS(N)(=O)=O)cc1)C1CC1. The molecule has 1 fully saturated rings. The van der Waals surface area contributed by atoms with E-state index >= 15 is 0 Å². The van der Waals surface area contributed by atoms with Crippen LogP contribution in [0.5, 0.6) is 0 Å². The van der Waals surface area contributed by atoms with Gasteiger partial charge in [0.2, 0.25) is 10.0 Å². The number of nitrogens with one attached hydrogen (secondary N) is 1. The lowest BCUT2D eigenvalue weighted by molar-refractivity contribution is 0.0950. The quantitative estimate of drug-likeness (QED) is 0.682. The number of hydrogen-bond donors (Lipinski definition) is 3. The summed E-state index contributed by atoms with van der Waals surface area (Å²) in [7, 11) is -3.55. The molecule has 0 bridgehead atoms. The van der Waals surface area contributed by atoms with Crippen molar-refractivity contribution >= 4 is 15.9 Å². The highest BCUT2D eigenvalue weighted by atomic mass is 32.2. The minimum absolute atomic E-state index is 0.0145. The topological polar surface area (TPSA) is 115 Å². The Morgan fingerprint density at radius 3 is 2.40 bits per heavy atom. The summed E-state index contributed by atoms with van der Waals surface area (Å²) in [6.07, 6.45) is 2.28. The van der Waals surface area contributed by atoms with Crippen molar-refractivity contribution in [2.24, 2.45) is 16.8 Å². The first kappa shape index (κ1) is 15.0. The van der Waals surface area contributed by atoms with E-state index < -0.39 is 10.0 Å². The lowest BCUT2D eigenvalue weighted by Crippen LogP contribution is -2.38. The second kappa shape index (κ2) is 5.90. The first-order valence-electron chi connectivity index (χ1n) is 6.48. The normalized spacial score (nSPS) is 16.7. The Kier molecular flexibility index (Phi) is 4.42. The zero-order chi connectivity index (χ0) is 14.8. The molecular formula is C13H19N3O3S. The van der Waals surface area contributed by atoms with Crippen molar-refractivity contribution in [2.75, 3.05) is 6.54 Å². The molecule has 0 aliphatic heterocycles. The van der Waals surface area contributed by atoms with Gasteiger partial charge in [-0.3, -0.25) is 4.79 Å². The van der Waals surface area contributed by atoms with Crippen LogP contribution in [0.25, 0.3) is 0 Å². The van der Waals surface area contributed by atoms with E-state index in [0.717, 1.165) is 12.8 Å². The van der Waals surface area contributed by atoms with Crippen molar-refractivity contribution in [1.29, 1.82) is 0 Å². The maximum atomic E-state index is 11.9. The van der Waals surface area contributed by atoms with Gasteiger partial charge in [0.05, 0.1) is 5.75 Å². The summed E-state index contributed by atoms with van der Waals surface area (Å²) in [4.78, 5) is 11.9. The number of primary sulfonamides is 1. The van der Waals surface area contributed by atoms with Crippen LogP contribution in [0.4, 0.5) is 0 Å². The van der Waals surface area contributed by atoms with Gasteiger partial charge in [0.15, 0.2) is 0 Å². The van der Waals surface area contributed by atoms with Crippen LogP contribution in [0.1, 0.15) is 28.8 Å². The van der Waals surface area contributed by atoms with Gasteiger partial charge in [0.25, 0.3) is 5.91 Å². The predicted octanol–water partition coefficient (Wildman–Crippen LogP) is -0.0578. The van der Waals surface area contributed by atoms with E-state index in [-0.39, 0.29) is 17.7 Å². The molecule has 5 N–H and O–H groups in total. The summed E-state index contributed by atoms with van der Waals surface area (Å²) in [6.45, 7) is 0.461. The van der Waals surface area contributed by atoms with E-state index in [0.29, 0.717) is 23.6 Å². The Morgan fingerprint density at radius 1 is 1.30 bits per heavy atom. The Bertz CT molecular complexity index is 579. The van der Waals surface area contributed by atoms with Crippen LogP contribution in [0, 0.1) is 5.92 Å². The van der Waals surface area contributed by atoms with Crippen LogP contribution in [0.2, 0.25) is 0 Å². The van der Waals surface area contributed by atoms with Gasteiger partial charge >= 0.3 is 0 Å². The molecule has 20 heavy (non-hydrogen) atoms. The highest BCUT2D eigenvalue weighted by Crippen LogP contribution is 2.31. The number of rotatable bonds is 6. The first-order valence-corrected chi connectivity index (χ1v) is 8.20. The van der Waals surface area contributed by atoms with Gasteiger partial charge in [-0.1, -0.05) is 12.1 Å². The van der Waals surface area contributed by atoms with Gasteiger partial charge in [-0.15, -0.1) is 0 Å². The lowest BCUT2D eigenvalue weighted by atomic mass is 10.1. The molecule has 2 rings (SSSR count). The van der Waals surface area contributed by atoms with Crippen LogP contribution >= 0.6 is 0 Å². The summed E-state index contributed by atoms with van der Waals surface area (Å²) < 4.78 is 21.9. The van der Waals surface area contributed by atoms with Gasteiger partial charge in [0.1, 0.15) is 0 Å². The van der Waals surface area contributed by atoms with Crippen LogP contribution < -0.4 is 16.2 Å². The third-order valence-corrected chi connectivity index (χ3v) is 4.05. The van der Waals surface area contributed by atoms with Crippen LogP contribution in [0.15, 0.2) is 24.3 Å². The first-order chi connectivity index (χ1) is 9.35. The maximum absolute atomic E-state index is 11.9. The number of carbonyl (C=O) groups is 1. The minimum atomic E-state index is -3.55. The minimum Gasteiger partial charge on any atom is -0.350 e. The number of nitrogens with two attached hydrogens (primary N) is 2. The molecule has 110 valence electrons. The standard InChI is InChI=1S/C13H19N3O3S/c14-12(10-5-6-10)7-16-13(17)11-3-1-9(2-4-11)8-20(15,18)19/h1-4,10,12H,5-8,14H2,(H,16,17)(H2,15,18,19). The fourth-order valence-electron chi connectivity index (χ4n) is 1.99. The molecule has 1 saturated carbocycles. The number of sulfonamides is 1. The molecule has 1 aliphatic rings. The maximum Gasteiger partial charge on any atom is 0.251 e. The van der Waals surface area contributed by atoms with Crippen LogP contribution in [-0.2, 0) is 15.8 Å². The smallest absolute Gasteiger partial charge is 0.251 e. The van der Waals surface area contributed by atoms with E-state index in [1.165, 1.54) is 0 Å². The van der Waals surface area contributed by atoms with Crippen LogP contribution in [-0.4, -0.2) is 26.9 Å². The zero-order valence-corrected chi connectivity index (χ0v) is 11.9. The summed E-state index contributed by atoms with van der Waals surface area (Å²) in [5.41, 5.74) is 6.94. The van der Waals surface area contributed by atoms with E-state index in [9.17, 15) is 13.2 Å². The Balaban J connectivity index is 1.89. The second-order valence-corrected chi connectivity index (χ2v) is 6.83. The van der Waals surface area contributed by atoms with Crippen LogP contribution in [0.3, 0.4) is 0 Å². The molecule has 1 aliphatic carbocycles. The fourth-order valence-corrected chi connectivity index (χ4v) is 2.65. The van der Waals surface area contributed by atoms with Crippen molar-refractivity contribution in [3.05, 3.63) is 35.4 Å². The highest BCUT2D eigenvalue weighted by Gasteiger charge is 2.28. The Hall–Kier alpha value is -1.44. The molecule has 0 spiro atoms. The fraction of sp³-hybridized carbons (Fsp3) is 0.462. The number of amides is 1. The van der Waals surface area contributed by atoms with Gasteiger partial charge in [0, 0.05) is 18.2 Å². The van der Waals surface area contributed by atoms with E-state index in [4.69, 9.17) is 10.9 Å². The molecule has 1 aromatic carbocycles. The molecule has 1 aromatic rings. The van der Waals surface area contributed by atoms with E-state index in [1.54, 1.807) is 24.3 Å². The average Bonchev–Trinajstić information content (AvgIpc) is 3.18. The van der Waals surface area contributed by atoms with Gasteiger partial charge < -0.3 is 11.1 Å². The summed E-state index contributed by atoms with van der Waals surface area (Å²) in [5, 5.41) is 7.74. The molecule has 1 atom stereocenters. The summed E-state index contributed by atoms with van der Waals surface area (Å²) >= 11 is 0. The third-order valence-electron chi connectivity index (χ3n) is 3.31. The molecule has 1 unspecified atom stereocenters. The number of carbonyl (C=O) groups excluding carboxylic acids is 1. The lowest BCUT2D eigenvalue weighted by Gasteiger charge is -2.11. The molecule has 1 amide bonds. The molecule has 0 radical (unpaired) electrons.